The normalized spacial score (nSPS) is 10.4. The quantitative estimate of drug-likeness (QED) is 0.493. The van der Waals surface area contributed by atoms with Gasteiger partial charge in [0, 0.05) is 11.3 Å². The first kappa shape index (κ1) is 19.1. The molecular formula is C20H14F3N3O2. The molecule has 1 amide bonds. The molecule has 1 heterocycles. The second-order valence-corrected chi connectivity index (χ2v) is 5.87. The summed E-state index contributed by atoms with van der Waals surface area (Å²) in [5.74, 6) is -5.14. The molecule has 0 radical (unpaired) electrons. The Balaban J connectivity index is 1.68. The van der Waals surface area contributed by atoms with E-state index in [1.54, 1.807) is 30.3 Å². The first-order valence-electron chi connectivity index (χ1n) is 8.14. The number of carbonyl (C=O) groups excluding carboxylic acids is 2. The van der Waals surface area contributed by atoms with Crippen LogP contribution in [0, 0.1) is 17.5 Å². The molecule has 1 aromatic heterocycles. The maximum Gasteiger partial charge on any atom is 0.258 e. The number of anilines is 3. The molecule has 2 N–H and O–H groups in total. The second-order valence-electron chi connectivity index (χ2n) is 5.87. The van der Waals surface area contributed by atoms with Crippen LogP contribution in [0.4, 0.5) is 30.4 Å². The highest BCUT2D eigenvalue weighted by molar-refractivity contribution is 6.04. The number of rotatable bonds is 5. The van der Waals surface area contributed by atoms with E-state index in [9.17, 15) is 22.8 Å². The van der Waals surface area contributed by atoms with Crippen LogP contribution in [0.25, 0.3) is 0 Å². The van der Waals surface area contributed by atoms with Crippen LogP contribution in [0.3, 0.4) is 0 Å². The van der Waals surface area contributed by atoms with Gasteiger partial charge in [0.1, 0.15) is 5.82 Å². The van der Waals surface area contributed by atoms with Crippen molar-refractivity contribution in [3.05, 3.63) is 83.3 Å². The molecule has 142 valence electrons. The van der Waals surface area contributed by atoms with Crippen LogP contribution in [-0.2, 0) is 0 Å². The molecule has 8 heteroatoms. The van der Waals surface area contributed by atoms with Gasteiger partial charge in [0.15, 0.2) is 23.2 Å². The Morgan fingerprint density at radius 2 is 1.54 bits per heavy atom. The highest BCUT2D eigenvalue weighted by atomic mass is 19.2. The Morgan fingerprint density at radius 3 is 2.14 bits per heavy atom. The highest BCUT2D eigenvalue weighted by Gasteiger charge is 2.18. The lowest BCUT2D eigenvalue weighted by Crippen LogP contribution is -2.15. The molecule has 0 fully saturated rings. The van der Waals surface area contributed by atoms with E-state index in [0.29, 0.717) is 23.1 Å². The molecule has 0 bridgehead atoms. The number of hydrogen-bond acceptors (Lipinski definition) is 4. The maximum absolute atomic E-state index is 13.7. The lowest BCUT2D eigenvalue weighted by atomic mass is 10.1. The lowest BCUT2D eigenvalue weighted by Gasteiger charge is -2.09. The summed E-state index contributed by atoms with van der Waals surface area (Å²) in [6.07, 6.45) is 1.32. The van der Waals surface area contributed by atoms with Gasteiger partial charge in [-0.25, -0.2) is 18.2 Å². The molecule has 0 aliphatic carbocycles. The van der Waals surface area contributed by atoms with E-state index in [4.69, 9.17) is 0 Å². The van der Waals surface area contributed by atoms with Crippen LogP contribution in [0.1, 0.15) is 27.6 Å². The van der Waals surface area contributed by atoms with Crippen molar-refractivity contribution in [1.29, 1.82) is 0 Å². The number of nitrogens with one attached hydrogen (secondary N) is 2. The molecular weight excluding hydrogens is 371 g/mol. The van der Waals surface area contributed by atoms with E-state index in [1.807, 2.05) is 0 Å². The van der Waals surface area contributed by atoms with Crippen molar-refractivity contribution >= 4 is 28.9 Å². The minimum Gasteiger partial charge on any atom is -0.340 e. The van der Waals surface area contributed by atoms with Gasteiger partial charge in [-0.15, -0.1) is 0 Å². The Bertz CT molecular complexity index is 1040. The van der Waals surface area contributed by atoms with Crippen LogP contribution in [-0.4, -0.2) is 16.7 Å². The standard InChI is InChI=1S/C20H14F3N3O2/c1-11(27)12-2-4-13(5-3-12)25-17-9-6-14(10-24-17)26-20(28)15-7-8-16(21)19(23)18(15)22/h2-10H,1H3,(H,24,25)(H,26,28). The number of amides is 1. The third-order valence-electron chi connectivity index (χ3n) is 3.86. The van der Waals surface area contributed by atoms with Gasteiger partial charge in [0.25, 0.3) is 5.91 Å². The van der Waals surface area contributed by atoms with Crippen molar-refractivity contribution in [3.63, 3.8) is 0 Å². The smallest absolute Gasteiger partial charge is 0.258 e. The fourth-order valence-electron chi connectivity index (χ4n) is 2.38. The molecule has 0 spiro atoms. The predicted octanol–water partition coefficient (Wildman–Crippen LogP) is 4.70. The topological polar surface area (TPSA) is 71.1 Å². The number of aromatic nitrogens is 1. The summed E-state index contributed by atoms with van der Waals surface area (Å²) < 4.78 is 39.9. The predicted molar refractivity (Wildman–Crippen MR) is 98.2 cm³/mol. The van der Waals surface area contributed by atoms with E-state index in [1.165, 1.54) is 19.2 Å². The van der Waals surface area contributed by atoms with Crippen molar-refractivity contribution in [3.8, 4) is 0 Å². The molecule has 5 nitrogen and oxygen atoms in total. The molecule has 0 atom stereocenters. The summed E-state index contributed by atoms with van der Waals surface area (Å²) in [5, 5.41) is 5.38. The van der Waals surface area contributed by atoms with Crippen molar-refractivity contribution in [2.75, 3.05) is 10.6 Å². The van der Waals surface area contributed by atoms with Crippen LogP contribution in [0.15, 0.2) is 54.7 Å². The van der Waals surface area contributed by atoms with E-state index in [0.717, 1.165) is 6.07 Å². The maximum atomic E-state index is 13.7. The van der Waals surface area contributed by atoms with Gasteiger partial charge < -0.3 is 10.6 Å². The van der Waals surface area contributed by atoms with Gasteiger partial charge in [-0.1, -0.05) is 0 Å². The molecule has 3 rings (SSSR count). The van der Waals surface area contributed by atoms with Gasteiger partial charge in [0.2, 0.25) is 0 Å². The second kappa shape index (κ2) is 7.91. The molecule has 0 saturated carbocycles. The molecule has 0 saturated heterocycles. The Kier molecular flexibility index (Phi) is 5.39. The van der Waals surface area contributed by atoms with Gasteiger partial charge in [-0.2, -0.15) is 0 Å². The summed E-state index contributed by atoms with van der Waals surface area (Å²) in [5.41, 5.74) is 0.914. The van der Waals surface area contributed by atoms with E-state index in [-0.39, 0.29) is 11.5 Å². The summed E-state index contributed by atoms with van der Waals surface area (Å²) >= 11 is 0. The van der Waals surface area contributed by atoms with Gasteiger partial charge in [-0.3, -0.25) is 9.59 Å². The molecule has 0 aliphatic rings. The average molecular weight is 385 g/mol. The fraction of sp³-hybridized carbons (Fsp3) is 0.0500. The van der Waals surface area contributed by atoms with Gasteiger partial charge in [0.05, 0.1) is 17.4 Å². The summed E-state index contributed by atoms with van der Waals surface area (Å²) in [7, 11) is 0. The monoisotopic (exact) mass is 385 g/mol. The first-order chi connectivity index (χ1) is 13.3. The molecule has 28 heavy (non-hydrogen) atoms. The van der Waals surface area contributed by atoms with Crippen molar-refractivity contribution in [2.45, 2.75) is 6.92 Å². The first-order valence-corrected chi connectivity index (χ1v) is 8.14. The largest absolute Gasteiger partial charge is 0.340 e. The summed E-state index contributed by atoms with van der Waals surface area (Å²) in [4.78, 5) is 27.4. The number of benzene rings is 2. The molecule has 0 aliphatic heterocycles. The van der Waals surface area contributed by atoms with Crippen molar-refractivity contribution in [2.24, 2.45) is 0 Å². The minimum absolute atomic E-state index is 0.0396. The molecule has 2 aromatic carbocycles. The highest BCUT2D eigenvalue weighted by Crippen LogP contribution is 2.19. The SMILES string of the molecule is CC(=O)c1ccc(Nc2ccc(NC(=O)c3ccc(F)c(F)c3F)cn2)cc1. The Morgan fingerprint density at radius 1 is 0.857 bits per heavy atom. The third-order valence-corrected chi connectivity index (χ3v) is 3.86. The summed E-state index contributed by atoms with van der Waals surface area (Å²) in [6, 6.07) is 11.4. The van der Waals surface area contributed by atoms with Crippen molar-refractivity contribution < 1.29 is 22.8 Å². The zero-order chi connectivity index (χ0) is 20.3. The number of pyridine rings is 1. The number of nitrogens with zero attached hydrogens (tertiary/aromatic N) is 1. The number of carbonyl (C=O) groups is 2. The number of halogens is 3. The zero-order valence-electron chi connectivity index (χ0n) is 14.6. The Hall–Kier alpha value is -3.68. The number of ketones is 1. The third kappa shape index (κ3) is 4.17. The molecule has 3 aromatic rings. The van der Waals surface area contributed by atoms with E-state index < -0.39 is 28.9 Å². The average Bonchev–Trinajstić information content (AvgIpc) is 2.68. The Labute approximate surface area is 158 Å². The number of Topliss-reactive ketones (excluding diaryl/α,β-unsaturated/α-hetero) is 1. The van der Waals surface area contributed by atoms with Gasteiger partial charge >= 0.3 is 0 Å². The fourth-order valence-corrected chi connectivity index (χ4v) is 2.38. The zero-order valence-corrected chi connectivity index (χ0v) is 14.6. The van der Waals surface area contributed by atoms with Crippen LogP contribution in [0.2, 0.25) is 0 Å². The summed E-state index contributed by atoms with van der Waals surface area (Å²) in [6.45, 7) is 1.48. The van der Waals surface area contributed by atoms with Crippen LogP contribution >= 0.6 is 0 Å². The van der Waals surface area contributed by atoms with Crippen molar-refractivity contribution in [1.82, 2.24) is 4.98 Å². The number of hydrogen-bond donors (Lipinski definition) is 2. The van der Waals surface area contributed by atoms with E-state index in [2.05, 4.69) is 15.6 Å². The van der Waals surface area contributed by atoms with Crippen LogP contribution in [0.5, 0.6) is 0 Å². The molecule has 0 unspecified atom stereocenters. The lowest BCUT2D eigenvalue weighted by molar-refractivity contribution is 0.101. The van der Waals surface area contributed by atoms with Crippen LogP contribution < -0.4 is 10.6 Å². The van der Waals surface area contributed by atoms with Gasteiger partial charge in [-0.05, 0) is 55.5 Å². The van der Waals surface area contributed by atoms with E-state index >= 15 is 0 Å². The minimum atomic E-state index is -1.71.